The molecule has 0 fully saturated rings. The van der Waals surface area contributed by atoms with Gasteiger partial charge in [-0.15, -0.1) is 22.7 Å². The van der Waals surface area contributed by atoms with Crippen molar-refractivity contribution in [3.63, 3.8) is 0 Å². The number of hydrogen-bond acceptors (Lipinski definition) is 9. The Balaban J connectivity index is 1.55. The first-order valence-electron chi connectivity index (χ1n) is 11.3. The number of aliphatic imine (C=N–C) groups is 1. The molecule has 2 unspecified atom stereocenters. The third-order valence-corrected chi connectivity index (χ3v) is 7.01. The van der Waals surface area contributed by atoms with Crippen LogP contribution in [0.4, 0.5) is 4.39 Å². The number of nitrogens with two attached hydrogens (primary N) is 1. The molecule has 2 atom stereocenters. The predicted octanol–water partition coefficient (Wildman–Crippen LogP) is 3.88. The Morgan fingerprint density at radius 1 is 0.944 bits per heavy atom. The molecular weight excluding hydrogens is 505 g/mol. The van der Waals surface area contributed by atoms with Crippen molar-refractivity contribution < 1.29 is 28.2 Å². The van der Waals surface area contributed by atoms with Gasteiger partial charge in [0.1, 0.15) is 6.04 Å². The minimum Gasteiger partial charge on any atom is -0.377 e. The lowest BCUT2D eigenvalue weighted by Crippen LogP contribution is -2.51. The molecule has 0 saturated carbocycles. The Bertz CT molecular complexity index is 1080. The van der Waals surface area contributed by atoms with Gasteiger partial charge in [-0.3, -0.25) is 25.2 Å². The van der Waals surface area contributed by atoms with Crippen LogP contribution in [0.3, 0.4) is 0 Å². The quantitative estimate of drug-likeness (QED) is 0.111. The number of fused-ring (bicyclic) bond motifs is 1. The molecule has 2 aromatic heterocycles. The first-order chi connectivity index (χ1) is 17.5. The van der Waals surface area contributed by atoms with E-state index in [1.165, 1.54) is 22.7 Å². The first-order valence-corrected chi connectivity index (χ1v) is 13.0. The molecule has 8 nitrogen and oxygen atoms in total. The summed E-state index contributed by atoms with van der Waals surface area (Å²) in [7, 11) is 0. The van der Waals surface area contributed by atoms with E-state index < -0.39 is 30.4 Å². The van der Waals surface area contributed by atoms with Gasteiger partial charge in [0, 0.05) is 16.0 Å². The van der Waals surface area contributed by atoms with E-state index in [1.807, 2.05) is 35.0 Å². The average Bonchev–Trinajstić information content (AvgIpc) is 3.63. The van der Waals surface area contributed by atoms with E-state index in [9.17, 15) is 14.0 Å². The zero-order chi connectivity index (χ0) is 25.3. The number of benzene rings is 1. The summed E-state index contributed by atoms with van der Waals surface area (Å²) in [5.74, 6) is -0.870. The second-order valence-corrected chi connectivity index (χ2v) is 9.88. The van der Waals surface area contributed by atoms with Crippen molar-refractivity contribution in [3.8, 4) is 0 Å². The first kappa shape index (κ1) is 26.3. The Morgan fingerprint density at radius 2 is 1.53 bits per heavy atom. The third kappa shape index (κ3) is 6.69. The Morgan fingerprint density at radius 3 is 2.03 bits per heavy atom. The molecule has 1 aliphatic heterocycles. The maximum absolute atomic E-state index is 13.3. The van der Waals surface area contributed by atoms with Crippen molar-refractivity contribution in [1.29, 1.82) is 0 Å². The number of nitrogens with zero attached hydrogens (tertiary/aromatic N) is 2. The maximum atomic E-state index is 13.3. The van der Waals surface area contributed by atoms with Crippen LogP contribution in [0.25, 0.3) is 0 Å². The highest BCUT2D eigenvalue weighted by Gasteiger charge is 2.44. The van der Waals surface area contributed by atoms with E-state index in [0.29, 0.717) is 11.1 Å². The maximum Gasteiger partial charge on any atom is 0.262 e. The number of carbonyl (C=O) groups excluding carboxylic acids is 2. The standard InChI is InChI=1S/C25H26FN3O5S2/c26-22(27)13-28-9-10-32-16-21(29-23(30)19-7-1-2-8-20(19)24(29)31)25(33-14-17-5-3-11-35-17)34-15-18-6-4-12-36-18/h1-8,11-13,21-22,25H,9-10,14-16,27H2. The number of ether oxygens (including phenoxy) is 3. The van der Waals surface area contributed by atoms with Crippen molar-refractivity contribution in [2.45, 2.75) is 31.8 Å². The van der Waals surface area contributed by atoms with Crippen LogP contribution < -0.4 is 5.73 Å². The highest BCUT2D eigenvalue weighted by molar-refractivity contribution is 7.10. The fourth-order valence-electron chi connectivity index (χ4n) is 3.67. The Kier molecular flexibility index (Phi) is 9.45. The van der Waals surface area contributed by atoms with E-state index in [-0.39, 0.29) is 33.0 Å². The lowest BCUT2D eigenvalue weighted by molar-refractivity contribution is -0.190. The lowest BCUT2D eigenvalue weighted by atomic mass is 10.1. The summed E-state index contributed by atoms with van der Waals surface area (Å²) in [4.78, 5) is 33.5. The van der Waals surface area contributed by atoms with Gasteiger partial charge in [-0.25, -0.2) is 4.39 Å². The molecule has 190 valence electrons. The van der Waals surface area contributed by atoms with Gasteiger partial charge in [0.2, 0.25) is 0 Å². The number of halogens is 1. The second kappa shape index (κ2) is 12.9. The molecule has 0 aliphatic carbocycles. The van der Waals surface area contributed by atoms with Crippen molar-refractivity contribution in [2.75, 3.05) is 19.8 Å². The fourth-order valence-corrected chi connectivity index (χ4v) is 4.92. The minimum atomic E-state index is -1.64. The predicted molar refractivity (Wildman–Crippen MR) is 136 cm³/mol. The highest BCUT2D eigenvalue weighted by atomic mass is 32.1. The van der Waals surface area contributed by atoms with Crippen molar-refractivity contribution in [3.05, 3.63) is 80.2 Å². The number of hydrogen-bond donors (Lipinski definition) is 1. The topological polar surface area (TPSA) is 103 Å². The van der Waals surface area contributed by atoms with E-state index in [1.54, 1.807) is 24.3 Å². The Labute approximate surface area is 216 Å². The number of amides is 2. The Hall–Kier alpha value is -2.80. The summed E-state index contributed by atoms with van der Waals surface area (Å²) in [5.41, 5.74) is 5.67. The summed E-state index contributed by atoms with van der Waals surface area (Å²) >= 11 is 3.06. The lowest BCUT2D eigenvalue weighted by Gasteiger charge is -2.32. The van der Waals surface area contributed by atoms with Gasteiger partial charge in [0.05, 0.1) is 44.1 Å². The normalized spacial score (nSPS) is 15.2. The SMILES string of the molecule is NC(F)C=NCCOCC(C(OCc1cccs1)OCc1cccs1)N1C(=O)c2ccccc2C1=O. The molecule has 0 radical (unpaired) electrons. The highest BCUT2D eigenvalue weighted by Crippen LogP contribution is 2.28. The molecule has 0 bridgehead atoms. The van der Waals surface area contributed by atoms with Crippen LogP contribution in [0, 0.1) is 0 Å². The van der Waals surface area contributed by atoms with Crippen LogP contribution in [0.5, 0.6) is 0 Å². The van der Waals surface area contributed by atoms with E-state index in [2.05, 4.69) is 4.99 Å². The molecule has 11 heteroatoms. The third-order valence-electron chi connectivity index (χ3n) is 5.31. The molecule has 4 rings (SSSR count). The molecule has 3 heterocycles. The van der Waals surface area contributed by atoms with E-state index in [4.69, 9.17) is 19.9 Å². The van der Waals surface area contributed by atoms with Gasteiger partial charge < -0.3 is 14.2 Å². The fraction of sp³-hybridized carbons (Fsp3) is 0.320. The van der Waals surface area contributed by atoms with Crippen LogP contribution in [0.2, 0.25) is 0 Å². The van der Waals surface area contributed by atoms with Crippen LogP contribution in [0.15, 0.2) is 64.3 Å². The van der Waals surface area contributed by atoms with Crippen LogP contribution in [-0.2, 0) is 27.4 Å². The number of carbonyl (C=O) groups is 2. The van der Waals surface area contributed by atoms with Gasteiger partial charge >= 0.3 is 0 Å². The smallest absolute Gasteiger partial charge is 0.262 e. The molecule has 2 N–H and O–H groups in total. The van der Waals surface area contributed by atoms with Crippen molar-refractivity contribution in [2.24, 2.45) is 10.7 Å². The van der Waals surface area contributed by atoms with E-state index in [0.717, 1.165) is 20.9 Å². The molecule has 0 spiro atoms. The molecule has 2 amide bonds. The van der Waals surface area contributed by atoms with Gasteiger partial charge in [-0.1, -0.05) is 24.3 Å². The zero-order valence-corrected chi connectivity index (χ0v) is 21.0. The largest absolute Gasteiger partial charge is 0.377 e. The van der Waals surface area contributed by atoms with Gasteiger partial charge in [-0.2, -0.15) is 0 Å². The van der Waals surface area contributed by atoms with Crippen LogP contribution in [0.1, 0.15) is 30.5 Å². The molecule has 36 heavy (non-hydrogen) atoms. The number of imide groups is 1. The molecular formula is C25H26FN3O5S2. The van der Waals surface area contributed by atoms with Crippen molar-refractivity contribution in [1.82, 2.24) is 4.90 Å². The molecule has 1 aliphatic rings. The average molecular weight is 532 g/mol. The minimum absolute atomic E-state index is 0.0534. The number of alkyl halides is 1. The monoisotopic (exact) mass is 531 g/mol. The zero-order valence-electron chi connectivity index (χ0n) is 19.3. The molecule has 1 aromatic carbocycles. The van der Waals surface area contributed by atoms with Gasteiger partial charge in [0.25, 0.3) is 11.8 Å². The van der Waals surface area contributed by atoms with Gasteiger partial charge in [0.15, 0.2) is 12.6 Å². The summed E-state index contributed by atoms with van der Waals surface area (Å²) in [5, 5.41) is 3.88. The summed E-state index contributed by atoms with van der Waals surface area (Å²) in [6.07, 6.45) is -1.61. The molecule has 0 saturated heterocycles. The molecule has 3 aromatic rings. The summed E-state index contributed by atoms with van der Waals surface area (Å²) < 4.78 is 30.8. The van der Waals surface area contributed by atoms with Crippen LogP contribution in [-0.4, -0.2) is 61.3 Å². The summed E-state index contributed by atoms with van der Waals surface area (Å²) in [6.45, 7) is 0.729. The number of rotatable bonds is 14. The van der Waals surface area contributed by atoms with Gasteiger partial charge in [-0.05, 0) is 35.0 Å². The van der Waals surface area contributed by atoms with E-state index >= 15 is 0 Å². The second-order valence-electron chi connectivity index (χ2n) is 7.82. The van der Waals surface area contributed by atoms with Crippen LogP contribution >= 0.6 is 22.7 Å². The van der Waals surface area contributed by atoms with Crippen molar-refractivity contribution >= 4 is 40.7 Å². The number of thiophene rings is 2. The summed E-state index contributed by atoms with van der Waals surface area (Å²) in [6, 6.07) is 13.5.